The summed E-state index contributed by atoms with van der Waals surface area (Å²) < 4.78 is 16.5. The van der Waals surface area contributed by atoms with Crippen LogP contribution in [0.3, 0.4) is 0 Å². The number of esters is 1. The van der Waals surface area contributed by atoms with Crippen molar-refractivity contribution in [2.45, 2.75) is 33.2 Å². The molecule has 0 aliphatic carbocycles. The highest BCUT2D eigenvalue weighted by molar-refractivity contribution is 14.0. The monoisotopic (exact) mass is 574 g/mol. The predicted octanol–water partition coefficient (Wildman–Crippen LogP) is 2.76. The highest BCUT2D eigenvalue weighted by atomic mass is 127. The van der Waals surface area contributed by atoms with Gasteiger partial charge in [-0.15, -0.1) is 24.0 Å². The third-order valence-corrected chi connectivity index (χ3v) is 5.84. The van der Waals surface area contributed by atoms with E-state index in [1.54, 1.807) is 0 Å². The predicted molar refractivity (Wildman–Crippen MR) is 140 cm³/mol. The van der Waals surface area contributed by atoms with Crippen molar-refractivity contribution in [1.29, 1.82) is 0 Å². The van der Waals surface area contributed by atoms with E-state index in [-0.39, 0.29) is 35.9 Å². The summed E-state index contributed by atoms with van der Waals surface area (Å²) >= 11 is 0. The summed E-state index contributed by atoms with van der Waals surface area (Å²) in [7, 11) is 0. The lowest BCUT2D eigenvalue weighted by molar-refractivity contribution is -0.149. The Labute approximate surface area is 215 Å². The number of aliphatic imine (C=N–C) groups is 1. The average Bonchev–Trinajstić information content (AvgIpc) is 2.83. The molecule has 0 unspecified atom stereocenters. The lowest BCUT2D eigenvalue weighted by atomic mass is 9.97. The quantitative estimate of drug-likeness (QED) is 0.211. The molecule has 2 fully saturated rings. The molecule has 2 aliphatic rings. The van der Waals surface area contributed by atoms with Gasteiger partial charge in [0.2, 0.25) is 0 Å². The van der Waals surface area contributed by atoms with Crippen molar-refractivity contribution in [3.63, 3.8) is 0 Å². The number of nitrogens with one attached hydrogen (secondary N) is 1. The van der Waals surface area contributed by atoms with Gasteiger partial charge >= 0.3 is 5.97 Å². The van der Waals surface area contributed by atoms with E-state index in [2.05, 4.69) is 34.2 Å². The van der Waals surface area contributed by atoms with E-state index in [1.165, 1.54) is 0 Å². The topological polar surface area (TPSA) is 75.6 Å². The van der Waals surface area contributed by atoms with Gasteiger partial charge in [-0.05, 0) is 44.4 Å². The number of benzene rings is 1. The normalized spacial score (nSPS) is 17.9. The number of nitrogens with zero attached hydrogens (tertiary/aromatic N) is 3. The van der Waals surface area contributed by atoms with Gasteiger partial charge < -0.3 is 24.4 Å². The number of guanidine groups is 1. The van der Waals surface area contributed by atoms with Crippen LogP contribution < -0.4 is 10.1 Å². The van der Waals surface area contributed by atoms with Crippen LogP contribution >= 0.6 is 24.0 Å². The molecule has 0 spiro atoms. The molecule has 0 bridgehead atoms. The Morgan fingerprint density at radius 3 is 2.64 bits per heavy atom. The van der Waals surface area contributed by atoms with Gasteiger partial charge in [0, 0.05) is 39.3 Å². The van der Waals surface area contributed by atoms with Crippen molar-refractivity contribution in [2.24, 2.45) is 10.9 Å². The first-order valence-corrected chi connectivity index (χ1v) is 11.9. The number of carbonyl (C=O) groups excluding carboxylic acids is 1. The van der Waals surface area contributed by atoms with Crippen LogP contribution in [0, 0.1) is 5.92 Å². The molecule has 2 saturated heterocycles. The molecule has 9 heteroatoms. The van der Waals surface area contributed by atoms with Crippen molar-refractivity contribution in [3.05, 3.63) is 29.8 Å². The van der Waals surface area contributed by atoms with Crippen LogP contribution in [0.5, 0.6) is 5.75 Å². The van der Waals surface area contributed by atoms with Gasteiger partial charge in [-0.2, -0.15) is 0 Å². The van der Waals surface area contributed by atoms with Gasteiger partial charge in [-0.3, -0.25) is 9.69 Å². The van der Waals surface area contributed by atoms with Gasteiger partial charge in [0.05, 0.1) is 32.3 Å². The van der Waals surface area contributed by atoms with Crippen molar-refractivity contribution in [1.82, 2.24) is 15.1 Å². The number of halogens is 1. The molecule has 0 atom stereocenters. The summed E-state index contributed by atoms with van der Waals surface area (Å²) in [6.45, 7) is 12.5. The standard InChI is InChI=1S/C24H38N4O4.HI/c1-3-25-24(28-10-8-21(9-11-28)23(29)31-4-2)26-19-20-6-5-7-22(18-20)32-17-14-27-12-15-30-16-13-27;/h5-7,18,21H,3-4,8-17,19H2,1-2H3,(H,25,26);1H. The molecule has 33 heavy (non-hydrogen) atoms. The maximum Gasteiger partial charge on any atom is 0.309 e. The SMILES string of the molecule is CCNC(=NCc1cccc(OCCN2CCOCC2)c1)N1CCC(C(=O)OCC)CC1.I. The first-order valence-electron chi connectivity index (χ1n) is 11.9. The van der Waals surface area contributed by atoms with E-state index in [4.69, 9.17) is 19.2 Å². The average molecular weight is 575 g/mol. The fraction of sp³-hybridized carbons (Fsp3) is 0.667. The second-order valence-electron chi connectivity index (χ2n) is 8.13. The van der Waals surface area contributed by atoms with Crippen LogP contribution in [0.2, 0.25) is 0 Å². The van der Waals surface area contributed by atoms with Crippen LogP contribution in [-0.4, -0.2) is 87.4 Å². The Bertz CT molecular complexity index is 735. The summed E-state index contributed by atoms with van der Waals surface area (Å²) in [6, 6.07) is 8.17. The van der Waals surface area contributed by atoms with Gasteiger partial charge in [-0.25, -0.2) is 4.99 Å². The number of piperidine rings is 1. The summed E-state index contributed by atoms with van der Waals surface area (Å²) in [6.07, 6.45) is 1.60. The summed E-state index contributed by atoms with van der Waals surface area (Å²) in [5, 5.41) is 3.39. The van der Waals surface area contributed by atoms with Gasteiger partial charge in [0.1, 0.15) is 12.4 Å². The summed E-state index contributed by atoms with van der Waals surface area (Å²) in [4.78, 5) is 21.5. The Morgan fingerprint density at radius 2 is 1.94 bits per heavy atom. The molecule has 186 valence electrons. The molecule has 3 rings (SSSR count). The molecule has 1 aromatic carbocycles. The third kappa shape index (κ3) is 9.29. The van der Waals surface area contributed by atoms with Crippen LogP contribution in [0.1, 0.15) is 32.3 Å². The van der Waals surface area contributed by atoms with E-state index in [1.807, 2.05) is 19.1 Å². The van der Waals surface area contributed by atoms with Crippen molar-refractivity contribution < 1.29 is 19.0 Å². The van der Waals surface area contributed by atoms with Crippen LogP contribution in [0.4, 0.5) is 0 Å². The smallest absolute Gasteiger partial charge is 0.309 e. The molecule has 0 radical (unpaired) electrons. The zero-order chi connectivity index (χ0) is 22.6. The number of likely N-dealkylation sites (tertiary alicyclic amines) is 1. The van der Waals surface area contributed by atoms with Gasteiger partial charge in [0.25, 0.3) is 0 Å². The van der Waals surface area contributed by atoms with Crippen molar-refractivity contribution >= 4 is 35.9 Å². The van der Waals surface area contributed by atoms with E-state index in [0.29, 0.717) is 19.8 Å². The maximum absolute atomic E-state index is 12.0. The third-order valence-electron chi connectivity index (χ3n) is 5.84. The van der Waals surface area contributed by atoms with E-state index >= 15 is 0 Å². The minimum Gasteiger partial charge on any atom is -0.492 e. The largest absolute Gasteiger partial charge is 0.492 e. The number of hydrogen-bond donors (Lipinski definition) is 1. The van der Waals surface area contributed by atoms with Gasteiger partial charge in [-0.1, -0.05) is 12.1 Å². The molecule has 2 aliphatic heterocycles. The lowest BCUT2D eigenvalue weighted by Crippen LogP contribution is -2.46. The maximum atomic E-state index is 12.0. The van der Waals surface area contributed by atoms with Crippen molar-refractivity contribution in [2.75, 3.05) is 65.7 Å². The van der Waals surface area contributed by atoms with Crippen LogP contribution in [0.25, 0.3) is 0 Å². The van der Waals surface area contributed by atoms with Crippen molar-refractivity contribution in [3.8, 4) is 5.75 Å². The van der Waals surface area contributed by atoms with Crippen LogP contribution in [-0.2, 0) is 20.8 Å². The molecular formula is C24H39IN4O4. The molecule has 8 nitrogen and oxygen atoms in total. The highest BCUT2D eigenvalue weighted by Gasteiger charge is 2.27. The molecule has 0 aromatic heterocycles. The lowest BCUT2D eigenvalue weighted by Gasteiger charge is -2.33. The Balaban J connectivity index is 0.00000385. The number of carbonyl (C=O) groups is 1. The number of hydrogen-bond acceptors (Lipinski definition) is 6. The minimum absolute atomic E-state index is 0. The molecule has 2 heterocycles. The van der Waals surface area contributed by atoms with E-state index < -0.39 is 0 Å². The molecule has 0 amide bonds. The second kappa shape index (κ2) is 15.3. The van der Waals surface area contributed by atoms with Crippen LogP contribution in [0.15, 0.2) is 29.3 Å². The first kappa shape index (κ1) is 27.7. The minimum atomic E-state index is -0.0699. The Kier molecular flexibility index (Phi) is 12.9. The van der Waals surface area contributed by atoms with Gasteiger partial charge in [0.15, 0.2) is 5.96 Å². The van der Waals surface area contributed by atoms with E-state index in [9.17, 15) is 4.79 Å². The highest BCUT2D eigenvalue weighted by Crippen LogP contribution is 2.19. The molecule has 1 N–H and O–H groups in total. The summed E-state index contributed by atoms with van der Waals surface area (Å²) in [5.41, 5.74) is 1.12. The molecule has 0 saturated carbocycles. The molecular weight excluding hydrogens is 535 g/mol. The molecule has 1 aromatic rings. The number of morpholine rings is 1. The first-order chi connectivity index (χ1) is 15.7. The Morgan fingerprint density at radius 1 is 1.18 bits per heavy atom. The van der Waals surface area contributed by atoms with E-state index in [0.717, 1.165) is 82.6 Å². The number of rotatable bonds is 9. The Hall–Kier alpha value is -1.59. The second-order valence-corrected chi connectivity index (χ2v) is 8.13. The fourth-order valence-electron chi connectivity index (χ4n) is 4.03. The summed E-state index contributed by atoms with van der Waals surface area (Å²) in [5.74, 6) is 1.71. The zero-order valence-electron chi connectivity index (χ0n) is 20.0. The zero-order valence-corrected chi connectivity index (χ0v) is 22.3. The number of ether oxygens (including phenoxy) is 3. The fourth-order valence-corrected chi connectivity index (χ4v) is 4.03.